The lowest BCUT2D eigenvalue weighted by atomic mass is 10.1. The summed E-state index contributed by atoms with van der Waals surface area (Å²) in [4.78, 5) is 36.5. The number of halogens is 1. The molecular formula is C27H57ClN6O8S2. The summed E-state index contributed by atoms with van der Waals surface area (Å²) in [7, 11) is -7.63. The molecule has 6 N–H and O–H groups in total. The quantitative estimate of drug-likeness (QED) is 0.179. The van der Waals surface area contributed by atoms with Crippen LogP contribution in [0.1, 0.15) is 103 Å². The van der Waals surface area contributed by atoms with Crippen LogP contribution in [0.5, 0.6) is 0 Å². The number of ether oxygens (including phenoxy) is 1. The summed E-state index contributed by atoms with van der Waals surface area (Å²) in [5.74, 6) is -1.10. The van der Waals surface area contributed by atoms with Crippen molar-refractivity contribution in [2.75, 3.05) is 26.2 Å². The first-order chi connectivity index (χ1) is 20.1. The van der Waals surface area contributed by atoms with E-state index in [1.165, 1.54) is 4.31 Å². The van der Waals surface area contributed by atoms with Crippen LogP contribution in [0.15, 0.2) is 0 Å². The van der Waals surface area contributed by atoms with Gasteiger partial charge in [0, 0.05) is 39.9 Å². The summed E-state index contributed by atoms with van der Waals surface area (Å²) in [6.07, 6.45) is 1.83. The van der Waals surface area contributed by atoms with E-state index in [1.807, 2.05) is 13.8 Å². The first-order valence-corrected chi connectivity index (χ1v) is 17.8. The molecule has 0 aromatic rings. The van der Waals surface area contributed by atoms with Gasteiger partial charge < -0.3 is 28.2 Å². The minimum atomic E-state index is -3.93. The number of rotatable bonds is 13. The Kier molecular flexibility index (Phi) is 17.1. The molecule has 0 aromatic heterocycles. The molecule has 0 aliphatic heterocycles. The highest BCUT2D eigenvalue weighted by atomic mass is 35.5. The average Bonchev–Trinajstić information content (AvgIpc) is 3.79. The van der Waals surface area contributed by atoms with Gasteiger partial charge in [-0.2, -0.15) is 25.4 Å². The first kappa shape index (κ1) is 42.3. The predicted octanol–water partition coefficient (Wildman–Crippen LogP) is -1.49. The molecule has 0 radical (unpaired) electrons. The normalized spacial score (nSPS) is 24.2. The van der Waals surface area contributed by atoms with Gasteiger partial charge in [-0.15, -0.1) is 0 Å². The van der Waals surface area contributed by atoms with Crippen LogP contribution in [0.4, 0.5) is 4.79 Å². The van der Waals surface area contributed by atoms with Crippen LogP contribution in [-0.2, 0) is 34.7 Å². The van der Waals surface area contributed by atoms with Crippen LogP contribution in [-0.4, -0.2) is 86.2 Å². The van der Waals surface area contributed by atoms with Crippen molar-refractivity contribution in [1.29, 1.82) is 0 Å². The van der Waals surface area contributed by atoms with Crippen molar-refractivity contribution >= 4 is 38.3 Å². The van der Waals surface area contributed by atoms with E-state index in [0.717, 1.165) is 10.7 Å². The fraction of sp³-hybridized carbons (Fsp3) is 0.889. The lowest BCUT2D eigenvalue weighted by Crippen LogP contribution is -3.00. The minimum absolute atomic E-state index is 0. The zero-order valence-electron chi connectivity index (χ0n) is 29.1. The largest absolute Gasteiger partial charge is 1.00 e. The highest BCUT2D eigenvalue weighted by molar-refractivity contribution is 7.88. The summed E-state index contributed by atoms with van der Waals surface area (Å²) in [5, 5.41) is 2.57. The molecule has 17 heteroatoms. The topological polar surface area (TPSA) is 199 Å². The number of carbonyl (C=O) groups is 3. The highest BCUT2D eigenvalue weighted by Gasteiger charge is 2.62. The second-order valence-corrected chi connectivity index (χ2v) is 14.8. The number of hydrogen-bond acceptors (Lipinski definition) is 8. The molecule has 2 rings (SSSR count). The maximum absolute atomic E-state index is 12.6. The SMILES string of the molecule is CCC1C[C@]1(NC(=O)OC(C)(C)C)C(=O)NS(=O)(=O)N(CC)CC.CCC1C[C@]1([NH3+])C(=O)NS(=O)(=O)N(CC)CC.[2H]CC.[Cl-]. The van der Waals surface area contributed by atoms with Crippen molar-refractivity contribution in [3.63, 3.8) is 0 Å². The number of hydrogen-bond donors (Lipinski definition) is 4. The van der Waals surface area contributed by atoms with Crippen molar-refractivity contribution < 1.29 is 55.5 Å². The fourth-order valence-corrected chi connectivity index (χ4v) is 7.15. The van der Waals surface area contributed by atoms with Crippen molar-refractivity contribution in [2.24, 2.45) is 11.8 Å². The molecule has 4 atom stereocenters. The van der Waals surface area contributed by atoms with Crippen LogP contribution in [0.3, 0.4) is 0 Å². The number of amides is 3. The molecule has 2 aliphatic rings. The number of alkyl carbamates (subject to hydrolysis) is 1. The monoisotopic (exact) mass is 693 g/mol. The molecule has 0 spiro atoms. The van der Waals surface area contributed by atoms with Gasteiger partial charge in [-0.1, -0.05) is 61.8 Å². The van der Waals surface area contributed by atoms with Crippen molar-refractivity contribution in [3.05, 3.63) is 0 Å². The summed E-state index contributed by atoms with van der Waals surface area (Å²) >= 11 is 0. The van der Waals surface area contributed by atoms with Gasteiger partial charge >= 0.3 is 26.5 Å². The van der Waals surface area contributed by atoms with Crippen molar-refractivity contribution in [3.8, 4) is 0 Å². The molecule has 0 bridgehead atoms. The van der Waals surface area contributed by atoms with Crippen molar-refractivity contribution in [1.82, 2.24) is 23.4 Å². The van der Waals surface area contributed by atoms with Gasteiger partial charge in [-0.05, 0) is 39.5 Å². The van der Waals surface area contributed by atoms with Gasteiger partial charge in [-0.3, -0.25) is 9.59 Å². The van der Waals surface area contributed by atoms with Gasteiger partial charge in [-0.25, -0.2) is 14.2 Å². The fourth-order valence-electron chi connectivity index (χ4n) is 4.67. The molecule has 0 aromatic carbocycles. The maximum Gasteiger partial charge on any atom is 0.408 e. The Morgan fingerprint density at radius 3 is 1.52 bits per heavy atom. The van der Waals surface area contributed by atoms with Crippen LogP contribution in [0, 0.1) is 11.8 Å². The number of carbonyl (C=O) groups excluding carboxylic acids is 3. The molecule has 2 aliphatic carbocycles. The summed E-state index contributed by atoms with van der Waals surface area (Å²) in [5.41, 5.74) is 1.17. The molecule has 3 amide bonds. The zero-order chi connectivity index (χ0) is 34.7. The Morgan fingerprint density at radius 2 is 1.23 bits per heavy atom. The second-order valence-electron chi connectivity index (χ2n) is 11.4. The molecule has 44 heavy (non-hydrogen) atoms. The Labute approximate surface area is 273 Å². The third-order valence-corrected chi connectivity index (χ3v) is 10.7. The number of nitrogens with one attached hydrogen (secondary N) is 3. The molecule has 2 saturated carbocycles. The summed E-state index contributed by atoms with van der Waals surface area (Å²) < 4.78 is 66.1. The molecule has 14 nitrogen and oxygen atoms in total. The van der Waals surface area contributed by atoms with E-state index in [1.54, 1.807) is 55.4 Å². The Bertz CT molecular complexity index is 1180. The highest BCUT2D eigenvalue weighted by Crippen LogP contribution is 2.46. The average molecular weight is 694 g/mol. The second kappa shape index (κ2) is 17.8. The van der Waals surface area contributed by atoms with Crippen molar-refractivity contribution in [2.45, 2.75) is 118 Å². The third kappa shape index (κ3) is 11.9. The van der Waals surface area contributed by atoms with E-state index in [9.17, 15) is 31.2 Å². The van der Waals surface area contributed by atoms with E-state index in [2.05, 4.69) is 20.5 Å². The van der Waals surface area contributed by atoms with Crippen LogP contribution >= 0.6 is 0 Å². The molecule has 262 valence electrons. The van der Waals surface area contributed by atoms with E-state index in [0.29, 0.717) is 39.3 Å². The Morgan fingerprint density at radius 1 is 0.841 bits per heavy atom. The van der Waals surface area contributed by atoms with E-state index >= 15 is 0 Å². The van der Waals surface area contributed by atoms with Gasteiger partial charge in [0.05, 0.1) is 0 Å². The summed E-state index contributed by atoms with van der Waals surface area (Å²) in [6.45, 7) is 19.4. The van der Waals surface area contributed by atoms with Crippen LogP contribution < -0.4 is 32.9 Å². The number of quaternary nitrogens is 1. The maximum atomic E-state index is 12.6. The molecule has 2 unspecified atom stereocenters. The summed E-state index contributed by atoms with van der Waals surface area (Å²) in [6, 6.07) is 0. The van der Waals surface area contributed by atoms with Crippen LogP contribution in [0.2, 0.25) is 0 Å². The first-order valence-electron chi connectivity index (χ1n) is 15.7. The minimum Gasteiger partial charge on any atom is -1.00 e. The molecule has 2 fully saturated rings. The Hall–Kier alpha value is -1.72. The standard InChI is InChI=1S/C15H29N3O5S.C10H21N3O3S.C2H6.ClH/c1-7-11-10-15(11,16-13(20)23-14(4,5)6)12(19)17-24(21,22)18(8-2)9-3;1-4-8-7-10(8,11)9(14)12-17(15,16)13(5-2)6-3;1-2;/h11H,7-10H2,1-6H3,(H,16,20)(H,17,19);8H,4-7,11H2,1-3H3,(H,12,14);1-2H3;1H/t11?,15-;8?,10-;;/m11../s1/i;;1D;. The lowest BCUT2D eigenvalue weighted by molar-refractivity contribution is -0.425. The molecule has 0 saturated heterocycles. The smallest absolute Gasteiger partial charge is 0.408 e. The van der Waals surface area contributed by atoms with Gasteiger partial charge in [0.15, 0.2) is 5.54 Å². The number of nitrogens with zero attached hydrogens (tertiary/aromatic N) is 2. The van der Waals surface area contributed by atoms with Gasteiger partial charge in [0.25, 0.3) is 11.8 Å². The third-order valence-electron chi connectivity index (χ3n) is 7.44. The predicted molar refractivity (Wildman–Crippen MR) is 166 cm³/mol. The van der Waals surface area contributed by atoms with E-state index < -0.39 is 55.0 Å². The van der Waals surface area contributed by atoms with Gasteiger partial charge in [0.2, 0.25) is 0 Å². The Balaban J connectivity index is 0. The zero-order valence-corrected chi connectivity index (χ0v) is 30.5. The molecular weight excluding hydrogens is 636 g/mol. The van der Waals surface area contributed by atoms with Gasteiger partial charge in [0.1, 0.15) is 11.1 Å². The van der Waals surface area contributed by atoms with E-state index in [-0.39, 0.29) is 37.3 Å². The molecule has 0 heterocycles. The van der Waals surface area contributed by atoms with Crippen LogP contribution in [0.25, 0.3) is 0 Å². The van der Waals surface area contributed by atoms with E-state index in [4.69, 9.17) is 6.11 Å². The lowest BCUT2D eigenvalue weighted by Gasteiger charge is -2.25.